The second-order valence-electron chi connectivity index (χ2n) is 7.05. The summed E-state index contributed by atoms with van der Waals surface area (Å²) in [6.07, 6.45) is 3.59. The first-order chi connectivity index (χ1) is 11.3. The third-order valence-electron chi connectivity index (χ3n) is 4.95. The Morgan fingerprint density at radius 2 is 1.75 bits per heavy atom. The third-order valence-corrected chi connectivity index (χ3v) is 7.32. The second-order valence-corrected chi connectivity index (χ2v) is 9.65. The van der Waals surface area contributed by atoms with Gasteiger partial charge < -0.3 is 0 Å². The number of hydrogen-bond donors (Lipinski definition) is 0. The summed E-state index contributed by atoms with van der Waals surface area (Å²) in [6.45, 7) is 3.45. The van der Waals surface area contributed by atoms with E-state index in [0.29, 0.717) is 12.0 Å². The first kappa shape index (κ1) is 18.7. The summed E-state index contributed by atoms with van der Waals surface area (Å²) in [5.74, 6) is 0.709. The predicted octanol–water partition coefficient (Wildman–Crippen LogP) is 3.30. The average molecular weight is 347 g/mol. The molecule has 0 radical (unpaired) electrons. The number of carbonyl (C=O) groups excluding carboxylic acids is 1. The first-order valence-electron chi connectivity index (χ1n) is 8.55. The number of carbonyl (C=O) groups is 1. The molecule has 0 heterocycles. The van der Waals surface area contributed by atoms with E-state index in [1.165, 1.54) is 0 Å². The highest BCUT2D eigenvalue weighted by atomic mass is 32.2. The van der Waals surface area contributed by atoms with Crippen molar-refractivity contribution in [3.8, 4) is 6.07 Å². The van der Waals surface area contributed by atoms with Crippen molar-refractivity contribution in [2.24, 2.45) is 11.8 Å². The van der Waals surface area contributed by atoms with Crippen molar-refractivity contribution in [3.63, 3.8) is 0 Å². The van der Waals surface area contributed by atoms with Crippen molar-refractivity contribution >= 4 is 15.6 Å². The zero-order chi connectivity index (χ0) is 17.7. The van der Waals surface area contributed by atoms with Crippen molar-refractivity contribution in [3.05, 3.63) is 35.4 Å². The first-order valence-corrected chi connectivity index (χ1v) is 10.3. The van der Waals surface area contributed by atoms with Gasteiger partial charge in [0.25, 0.3) is 0 Å². The largest absolute Gasteiger partial charge is 0.299 e. The Bertz CT molecular complexity index is 706. The molecule has 0 N–H and O–H groups in total. The zero-order valence-electron chi connectivity index (χ0n) is 14.4. The predicted molar refractivity (Wildman–Crippen MR) is 94.2 cm³/mol. The Hall–Kier alpha value is -1.67. The van der Waals surface area contributed by atoms with Crippen LogP contribution in [0.3, 0.4) is 0 Å². The number of Topliss-reactive ketones (excluding diaryl/α,β-unsaturated/α-hetero) is 1. The Morgan fingerprint density at radius 1 is 1.17 bits per heavy atom. The van der Waals surface area contributed by atoms with Crippen LogP contribution in [0.4, 0.5) is 0 Å². The molecule has 0 saturated heterocycles. The van der Waals surface area contributed by atoms with E-state index in [1.54, 1.807) is 26.0 Å². The van der Waals surface area contributed by atoms with Gasteiger partial charge in [-0.05, 0) is 63.1 Å². The molecule has 0 atom stereocenters. The zero-order valence-corrected chi connectivity index (χ0v) is 15.2. The smallest absolute Gasteiger partial charge is 0.152 e. The molecule has 0 unspecified atom stereocenters. The van der Waals surface area contributed by atoms with E-state index in [0.717, 1.165) is 31.2 Å². The summed E-state index contributed by atoms with van der Waals surface area (Å²) in [6, 6.07) is 9.19. The van der Waals surface area contributed by atoms with Crippen LogP contribution in [0.15, 0.2) is 24.3 Å². The molecular formula is C19H25NO3S. The van der Waals surface area contributed by atoms with Crippen LogP contribution in [0, 0.1) is 23.2 Å². The highest BCUT2D eigenvalue weighted by Crippen LogP contribution is 2.31. The molecular weight excluding hydrogens is 322 g/mol. The van der Waals surface area contributed by atoms with Gasteiger partial charge in [0.1, 0.15) is 5.78 Å². The van der Waals surface area contributed by atoms with Crippen LogP contribution in [0.5, 0.6) is 0 Å². The summed E-state index contributed by atoms with van der Waals surface area (Å²) in [7, 11) is -3.00. The van der Waals surface area contributed by atoms with Crippen LogP contribution in [0.2, 0.25) is 0 Å². The maximum Gasteiger partial charge on any atom is 0.152 e. The van der Waals surface area contributed by atoms with Crippen LogP contribution < -0.4 is 0 Å². The molecule has 1 aliphatic rings. The van der Waals surface area contributed by atoms with E-state index >= 15 is 0 Å². The van der Waals surface area contributed by atoms with Crippen molar-refractivity contribution in [1.82, 2.24) is 0 Å². The van der Waals surface area contributed by atoms with Crippen molar-refractivity contribution in [1.29, 1.82) is 5.26 Å². The quantitative estimate of drug-likeness (QED) is 0.791. The average Bonchev–Trinajstić information content (AvgIpc) is 2.55. The molecule has 0 aromatic heterocycles. The number of nitrogens with zero attached hydrogens (tertiary/aromatic N) is 1. The van der Waals surface area contributed by atoms with Gasteiger partial charge in [-0.3, -0.25) is 4.79 Å². The summed E-state index contributed by atoms with van der Waals surface area (Å²) < 4.78 is 24.0. The molecule has 0 amide bonds. The molecule has 24 heavy (non-hydrogen) atoms. The van der Waals surface area contributed by atoms with Gasteiger partial charge in [0.05, 0.1) is 22.6 Å². The SMILES string of the molecule is CC(C)S(=O)(=O)CC1CCC(C(=O)Cc2ccc(C#N)cc2)CC1. The summed E-state index contributed by atoms with van der Waals surface area (Å²) in [5, 5.41) is 8.47. The van der Waals surface area contributed by atoms with Crippen LogP contribution in [-0.4, -0.2) is 25.2 Å². The van der Waals surface area contributed by atoms with Crippen molar-refractivity contribution in [2.75, 3.05) is 5.75 Å². The third kappa shape index (κ3) is 4.91. The normalized spacial score (nSPS) is 21.4. The van der Waals surface area contributed by atoms with Gasteiger partial charge >= 0.3 is 0 Å². The van der Waals surface area contributed by atoms with Gasteiger partial charge in [-0.25, -0.2) is 8.42 Å². The highest BCUT2D eigenvalue weighted by molar-refractivity contribution is 7.91. The number of rotatable bonds is 6. The molecule has 1 fully saturated rings. The van der Waals surface area contributed by atoms with Gasteiger partial charge in [-0.2, -0.15) is 5.26 Å². The minimum Gasteiger partial charge on any atom is -0.299 e. The minimum absolute atomic E-state index is 0.0404. The van der Waals surface area contributed by atoms with Gasteiger partial charge in [0, 0.05) is 12.3 Å². The lowest BCUT2D eigenvalue weighted by atomic mass is 9.79. The molecule has 4 nitrogen and oxygen atoms in total. The number of sulfone groups is 1. The molecule has 1 aromatic rings. The van der Waals surface area contributed by atoms with Crippen LogP contribution in [0.25, 0.3) is 0 Å². The molecule has 5 heteroatoms. The summed E-state index contributed by atoms with van der Waals surface area (Å²) in [4.78, 5) is 12.4. The molecule has 1 saturated carbocycles. The molecule has 0 bridgehead atoms. The maximum absolute atomic E-state index is 12.4. The Labute approximate surface area is 144 Å². The number of benzene rings is 1. The van der Waals surface area contributed by atoms with Crippen LogP contribution >= 0.6 is 0 Å². The Balaban J connectivity index is 1.85. The lowest BCUT2D eigenvalue weighted by Gasteiger charge is -2.28. The summed E-state index contributed by atoms with van der Waals surface area (Å²) >= 11 is 0. The van der Waals surface area contributed by atoms with Crippen LogP contribution in [0.1, 0.15) is 50.7 Å². The molecule has 0 spiro atoms. The Morgan fingerprint density at radius 3 is 2.25 bits per heavy atom. The lowest BCUT2D eigenvalue weighted by molar-refractivity contribution is -0.123. The monoisotopic (exact) mass is 347 g/mol. The van der Waals surface area contributed by atoms with Gasteiger partial charge in [0.2, 0.25) is 0 Å². The van der Waals surface area contributed by atoms with Crippen molar-refractivity contribution < 1.29 is 13.2 Å². The topological polar surface area (TPSA) is 75.0 Å². The lowest BCUT2D eigenvalue weighted by Crippen LogP contribution is -2.29. The molecule has 1 aliphatic carbocycles. The molecule has 2 rings (SSSR count). The van der Waals surface area contributed by atoms with Crippen molar-refractivity contribution in [2.45, 2.75) is 51.2 Å². The fourth-order valence-corrected chi connectivity index (χ4v) is 4.59. The molecule has 1 aromatic carbocycles. The van der Waals surface area contributed by atoms with Gasteiger partial charge in [0.15, 0.2) is 9.84 Å². The van der Waals surface area contributed by atoms with E-state index in [1.807, 2.05) is 12.1 Å². The minimum atomic E-state index is -3.00. The molecule has 130 valence electrons. The van der Waals surface area contributed by atoms with E-state index in [4.69, 9.17) is 5.26 Å². The standard InChI is InChI=1S/C19H25NO3S/c1-14(2)24(22,23)13-17-7-9-18(10-8-17)19(21)11-15-3-5-16(12-20)6-4-15/h3-6,14,17-18H,7-11,13H2,1-2H3. The van der Waals surface area contributed by atoms with Gasteiger partial charge in [-0.1, -0.05) is 12.1 Å². The molecule has 0 aliphatic heterocycles. The van der Waals surface area contributed by atoms with Crippen LogP contribution in [-0.2, 0) is 21.1 Å². The fraction of sp³-hybridized carbons (Fsp3) is 0.579. The Kier molecular flexibility index (Phi) is 6.17. The van der Waals surface area contributed by atoms with E-state index in [-0.39, 0.29) is 28.6 Å². The van der Waals surface area contributed by atoms with Gasteiger partial charge in [-0.15, -0.1) is 0 Å². The number of ketones is 1. The fourth-order valence-electron chi connectivity index (χ4n) is 3.21. The van der Waals surface area contributed by atoms with E-state index in [9.17, 15) is 13.2 Å². The second kappa shape index (κ2) is 7.94. The maximum atomic E-state index is 12.4. The van der Waals surface area contributed by atoms with E-state index < -0.39 is 9.84 Å². The number of hydrogen-bond acceptors (Lipinski definition) is 4. The summed E-state index contributed by atoms with van der Waals surface area (Å²) in [5.41, 5.74) is 1.53. The highest BCUT2D eigenvalue weighted by Gasteiger charge is 2.29. The van der Waals surface area contributed by atoms with E-state index in [2.05, 4.69) is 6.07 Å². The number of nitriles is 1.